The minimum absolute atomic E-state index is 0.715. The summed E-state index contributed by atoms with van der Waals surface area (Å²) in [5.74, 6) is -1.81. The van der Waals surface area contributed by atoms with E-state index in [1.54, 1.807) is 20.8 Å². The molecule has 0 spiro atoms. The van der Waals surface area contributed by atoms with Gasteiger partial charge in [0, 0.05) is 12.3 Å². The molecule has 0 bridgehead atoms. The van der Waals surface area contributed by atoms with Crippen LogP contribution in [-0.4, -0.2) is 61.5 Å². The van der Waals surface area contributed by atoms with Crippen molar-refractivity contribution in [2.24, 2.45) is 5.92 Å². The van der Waals surface area contributed by atoms with Crippen molar-refractivity contribution in [2.75, 3.05) is 6.61 Å². The number of carbonyl (C=O) groups excluding carboxylic acids is 1. The summed E-state index contributed by atoms with van der Waals surface area (Å²) in [7, 11) is 0. The second kappa shape index (κ2) is 7.16. The average molecular weight is 377 g/mol. The monoisotopic (exact) mass is 377 g/mol. The zero-order valence-corrected chi connectivity index (χ0v) is 14.4. The van der Waals surface area contributed by atoms with Crippen LogP contribution >= 0.6 is 0 Å². The SMILES string of the molecule is CC(C)(C)OC(=O)N1[C@H](CO)[C@H](C(F)F)[C@@H](O)[C@H]1n1ccc(=O)[nH]c1=O. The van der Waals surface area contributed by atoms with Gasteiger partial charge in [-0.15, -0.1) is 0 Å². The number of likely N-dealkylation sites (tertiary alicyclic amines) is 1. The molecule has 4 atom stereocenters. The van der Waals surface area contributed by atoms with Crippen LogP contribution in [0.4, 0.5) is 13.6 Å². The first-order valence-electron chi connectivity index (χ1n) is 7.88. The smallest absolute Gasteiger partial charge is 0.412 e. The highest BCUT2D eigenvalue weighted by atomic mass is 19.3. The molecule has 1 saturated heterocycles. The van der Waals surface area contributed by atoms with Gasteiger partial charge in [0.2, 0.25) is 6.43 Å². The molecule has 1 aliphatic heterocycles. The van der Waals surface area contributed by atoms with E-state index in [4.69, 9.17) is 4.74 Å². The lowest BCUT2D eigenvalue weighted by atomic mass is 9.98. The molecule has 1 amide bonds. The second-order valence-corrected chi connectivity index (χ2v) is 6.97. The van der Waals surface area contributed by atoms with Crippen LogP contribution in [0.1, 0.15) is 26.9 Å². The lowest BCUT2D eigenvalue weighted by Gasteiger charge is -2.33. The molecule has 26 heavy (non-hydrogen) atoms. The molecule has 1 aromatic rings. The van der Waals surface area contributed by atoms with Gasteiger partial charge in [-0.2, -0.15) is 0 Å². The Labute approximate surface area is 146 Å². The van der Waals surface area contributed by atoms with Crippen molar-refractivity contribution < 1.29 is 28.5 Å². The predicted octanol–water partition coefficient (Wildman–Crippen LogP) is -0.111. The standard InChI is InChI=1S/C15H21F2N3O6/c1-15(2,3)26-14(25)20-7(6-21)9(11(16)17)10(23)12(20)19-5-4-8(22)18-13(19)24/h4-5,7,9-12,21,23H,6H2,1-3H3,(H,18,22,24)/t7-,9+,10-,12+/m1/s1. The first-order chi connectivity index (χ1) is 12.0. The van der Waals surface area contributed by atoms with Gasteiger partial charge in [0.05, 0.1) is 18.6 Å². The summed E-state index contributed by atoms with van der Waals surface area (Å²) in [6.45, 7) is 3.78. The summed E-state index contributed by atoms with van der Waals surface area (Å²) in [5, 5.41) is 20.0. The van der Waals surface area contributed by atoms with E-state index in [1.165, 1.54) is 0 Å². The number of aromatic nitrogens is 2. The summed E-state index contributed by atoms with van der Waals surface area (Å²) in [6, 6.07) is -0.533. The van der Waals surface area contributed by atoms with Crippen LogP contribution in [-0.2, 0) is 4.74 Å². The zero-order valence-electron chi connectivity index (χ0n) is 14.4. The summed E-state index contributed by atoms with van der Waals surface area (Å²) in [6.07, 6.45) is -6.62. The number of aliphatic hydroxyl groups excluding tert-OH is 2. The Bertz CT molecular complexity index is 772. The molecule has 9 nitrogen and oxygen atoms in total. The molecule has 0 aliphatic carbocycles. The number of alkyl halides is 2. The number of amides is 1. The van der Waals surface area contributed by atoms with E-state index in [9.17, 15) is 33.4 Å². The minimum atomic E-state index is -3.07. The van der Waals surface area contributed by atoms with Gasteiger partial charge >= 0.3 is 11.8 Å². The third kappa shape index (κ3) is 3.78. The molecular formula is C15H21F2N3O6. The van der Waals surface area contributed by atoms with E-state index in [0.717, 1.165) is 16.8 Å². The Kier molecular flexibility index (Phi) is 5.52. The molecule has 11 heteroatoms. The fraction of sp³-hybridized carbons (Fsp3) is 0.667. The summed E-state index contributed by atoms with van der Waals surface area (Å²) in [5.41, 5.74) is -2.71. The number of rotatable bonds is 3. The summed E-state index contributed by atoms with van der Waals surface area (Å²) in [4.78, 5) is 38.5. The fourth-order valence-electron chi connectivity index (χ4n) is 2.99. The van der Waals surface area contributed by atoms with Crippen molar-refractivity contribution >= 4 is 6.09 Å². The maximum absolute atomic E-state index is 13.5. The van der Waals surface area contributed by atoms with Gasteiger partial charge in [-0.1, -0.05) is 0 Å². The van der Waals surface area contributed by atoms with Crippen molar-refractivity contribution in [3.05, 3.63) is 33.1 Å². The van der Waals surface area contributed by atoms with E-state index in [0.29, 0.717) is 4.90 Å². The Balaban J connectivity index is 2.58. The van der Waals surface area contributed by atoms with Crippen molar-refractivity contribution in [2.45, 2.75) is 51.1 Å². The van der Waals surface area contributed by atoms with Crippen molar-refractivity contribution in [3.63, 3.8) is 0 Å². The van der Waals surface area contributed by atoms with Gasteiger partial charge < -0.3 is 14.9 Å². The number of hydrogen-bond donors (Lipinski definition) is 3. The first-order valence-corrected chi connectivity index (χ1v) is 7.88. The molecule has 1 aliphatic rings. The maximum atomic E-state index is 13.5. The van der Waals surface area contributed by atoms with Crippen molar-refractivity contribution in [3.8, 4) is 0 Å². The molecule has 0 unspecified atom stereocenters. The third-order valence-corrected chi connectivity index (χ3v) is 4.00. The Morgan fingerprint density at radius 3 is 2.46 bits per heavy atom. The van der Waals surface area contributed by atoms with Crippen LogP contribution in [0, 0.1) is 5.92 Å². The normalized spacial score (nSPS) is 26.4. The highest BCUT2D eigenvalue weighted by Gasteiger charge is 2.55. The van der Waals surface area contributed by atoms with Gasteiger partial charge in [0.25, 0.3) is 5.56 Å². The molecule has 2 heterocycles. The quantitative estimate of drug-likeness (QED) is 0.675. The number of ether oxygens (including phenoxy) is 1. The Morgan fingerprint density at radius 1 is 1.38 bits per heavy atom. The number of hydrogen-bond acceptors (Lipinski definition) is 6. The molecule has 2 rings (SSSR count). The molecule has 0 radical (unpaired) electrons. The average Bonchev–Trinajstić information content (AvgIpc) is 2.78. The van der Waals surface area contributed by atoms with Crippen LogP contribution < -0.4 is 11.2 Å². The van der Waals surface area contributed by atoms with E-state index in [-0.39, 0.29) is 0 Å². The van der Waals surface area contributed by atoms with Gasteiger partial charge in [-0.25, -0.2) is 18.4 Å². The highest BCUT2D eigenvalue weighted by molar-refractivity contribution is 5.69. The zero-order chi connectivity index (χ0) is 19.8. The fourth-order valence-corrected chi connectivity index (χ4v) is 2.99. The minimum Gasteiger partial charge on any atom is -0.444 e. The first kappa shape index (κ1) is 20.0. The van der Waals surface area contributed by atoms with Gasteiger partial charge in [0.15, 0.2) is 0 Å². The number of H-pyrrole nitrogens is 1. The molecule has 0 aromatic carbocycles. The van der Waals surface area contributed by atoms with E-state index < -0.39 is 60.2 Å². The Morgan fingerprint density at radius 2 is 2.00 bits per heavy atom. The number of nitrogens with zero attached hydrogens (tertiary/aromatic N) is 2. The molecule has 3 N–H and O–H groups in total. The molecule has 146 valence electrons. The van der Waals surface area contributed by atoms with Crippen molar-refractivity contribution in [1.29, 1.82) is 0 Å². The molecule has 0 saturated carbocycles. The van der Waals surface area contributed by atoms with E-state index in [1.807, 2.05) is 4.98 Å². The van der Waals surface area contributed by atoms with Crippen LogP contribution in [0.3, 0.4) is 0 Å². The van der Waals surface area contributed by atoms with Gasteiger partial charge in [-0.05, 0) is 20.8 Å². The number of nitrogens with one attached hydrogen (secondary N) is 1. The van der Waals surface area contributed by atoms with Crippen LogP contribution in [0.5, 0.6) is 0 Å². The highest BCUT2D eigenvalue weighted by Crippen LogP contribution is 2.40. The van der Waals surface area contributed by atoms with Crippen LogP contribution in [0.2, 0.25) is 0 Å². The lowest BCUT2D eigenvalue weighted by molar-refractivity contribution is -0.0145. The van der Waals surface area contributed by atoms with Crippen molar-refractivity contribution in [1.82, 2.24) is 14.5 Å². The Hall–Kier alpha value is -2.27. The maximum Gasteiger partial charge on any atom is 0.412 e. The van der Waals surface area contributed by atoms with Gasteiger partial charge in [0.1, 0.15) is 17.9 Å². The molecule has 1 aromatic heterocycles. The third-order valence-electron chi connectivity index (χ3n) is 4.00. The van der Waals surface area contributed by atoms with Crippen LogP contribution in [0.15, 0.2) is 21.9 Å². The summed E-state index contributed by atoms with van der Waals surface area (Å²) >= 11 is 0. The second-order valence-electron chi connectivity index (χ2n) is 6.97. The molecular weight excluding hydrogens is 356 g/mol. The van der Waals surface area contributed by atoms with E-state index in [2.05, 4.69) is 0 Å². The topological polar surface area (TPSA) is 125 Å². The van der Waals surface area contributed by atoms with E-state index >= 15 is 0 Å². The molecule has 1 fully saturated rings. The largest absolute Gasteiger partial charge is 0.444 e. The number of aliphatic hydroxyl groups is 2. The predicted molar refractivity (Wildman–Crippen MR) is 84.8 cm³/mol. The summed E-state index contributed by atoms with van der Waals surface area (Å²) < 4.78 is 32.9. The van der Waals surface area contributed by atoms with Crippen LogP contribution in [0.25, 0.3) is 0 Å². The lowest BCUT2D eigenvalue weighted by Crippen LogP contribution is -2.48. The number of carbonyl (C=O) groups is 1. The number of halogens is 2. The van der Waals surface area contributed by atoms with Gasteiger partial charge in [-0.3, -0.25) is 19.2 Å². The number of aromatic amines is 1.